The molecular weight excluding hydrogens is 258 g/mol. The summed E-state index contributed by atoms with van der Waals surface area (Å²) in [4.78, 5) is 21.2. The van der Waals surface area contributed by atoms with Crippen LogP contribution in [0, 0.1) is 10.8 Å². The van der Waals surface area contributed by atoms with Crippen LogP contribution in [0.25, 0.3) is 0 Å². The lowest BCUT2D eigenvalue weighted by atomic mass is 9.94. The van der Waals surface area contributed by atoms with E-state index in [1.54, 1.807) is 0 Å². The van der Waals surface area contributed by atoms with E-state index in [1.807, 2.05) is 37.3 Å². The molecule has 108 valence electrons. The predicted octanol–water partition coefficient (Wildman–Crippen LogP) is 3.66. The Labute approximate surface area is 117 Å². The van der Waals surface area contributed by atoms with Gasteiger partial charge >= 0.3 is 5.97 Å². The van der Waals surface area contributed by atoms with Crippen LogP contribution < -0.4 is 0 Å². The molecule has 1 rings (SSSR count). The maximum atomic E-state index is 10.8. The predicted molar refractivity (Wildman–Crippen MR) is 76.2 cm³/mol. The summed E-state index contributed by atoms with van der Waals surface area (Å²) in [7, 11) is 0. The summed E-state index contributed by atoms with van der Waals surface area (Å²) in [6.45, 7) is 1.84. The highest BCUT2D eigenvalue weighted by Gasteiger charge is 2.21. The van der Waals surface area contributed by atoms with Crippen molar-refractivity contribution in [1.82, 2.24) is 0 Å². The number of nitrogens with zero attached hydrogens (tertiary/aromatic N) is 1. The number of aryl methyl sites for hydroxylation is 1. The first-order valence-electron chi connectivity index (χ1n) is 6.63. The van der Waals surface area contributed by atoms with Gasteiger partial charge in [-0.2, -0.15) is 0 Å². The number of hydrogen-bond donors (Lipinski definition) is 2. The van der Waals surface area contributed by atoms with Gasteiger partial charge in [0.25, 0.3) is 0 Å². The highest BCUT2D eigenvalue weighted by atomic mass is 16.4. The number of benzene rings is 1. The normalized spacial score (nSPS) is 13.4. The van der Waals surface area contributed by atoms with E-state index in [-0.39, 0.29) is 5.92 Å². The van der Waals surface area contributed by atoms with E-state index in [1.165, 1.54) is 5.56 Å². The Morgan fingerprint density at radius 2 is 1.90 bits per heavy atom. The zero-order chi connectivity index (χ0) is 15.0. The van der Waals surface area contributed by atoms with E-state index in [9.17, 15) is 14.8 Å². The summed E-state index contributed by atoms with van der Waals surface area (Å²) < 4.78 is 0. The summed E-state index contributed by atoms with van der Waals surface area (Å²) >= 11 is 0. The molecule has 1 unspecified atom stereocenters. The van der Waals surface area contributed by atoms with Gasteiger partial charge in [-0.15, -0.1) is 4.91 Å². The van der Waals surface area contributed by atoms with Crippen LogP contribution in [0.4, 0.5) is 0 Å². The Bertz CT molecular complexity index is 482. The number of aliphatic hydroxyl groups excluding tert-OH is 1. The molecule has 5 nitrogen and oxygen atoms in total. The molecule has 0 saturated heterocycles. The molecule has 0 radical (unpaired) electrons. The zero-order valence-corrected chi connectivity index (χ0v) is 11.5. The first-order chi connectivity index (χ1) is 9.60. The second-order valence-corrected chi connectivity index (χ2v) is 4.61. The number of hydrogen-bond acceptors (Lipinski definition) is 4. The van der Waals surface area contributed by atoms with Crippen molar-refractivity contribution in [2.75, 3.05) is 0 Å². The second kappa shape index (κ2) is 8.09. The van der Waals surface area contributed by atoms with Crippen LogP contribution in [0.2, 0.25) is 0 Å². The van der Waals surface area contributed by atoms with E-state index >= 15 is 0 Å². The van der Waals surface area contributed by atoms with Crippen molar-refractivity contribution in [3.8, 4) is 0 Å². The second-order valence-electron chi connectivity index (χ2n) is 4.61. The molecule has 0 saturated carbocycles. The number of aliphatic hydroxyl groups is 1. The number of carboxylic acid groups (broad SMARTS) is 1. The van der Waals surface area contributed by atoms with E-state index in [0.29, 0.717) is 12.8 Å². The maximum Gasteiger partial charge on any atom is 0.361 e. The van der Waals surface area contributed by atoms with Crippen LogP contribution in [0.1, 0.15) is 31.7 Å². The Hall–Kier alpha value is -2.17. The van der Waals surface area contributed by atoms with Crippen LogP contribution in [-0.4, -0.2) is 16.2 Å². The minimum Gasteiger partial charge on any atom is -0.509 e. The van der Waals surface area contributed by atoms with Crippen LogP contribution in [0.15, 0.2) is 47.0 Å². The third kappa shape index (κ3) is 4.50. The largest absolute Gasteiger partial charge is 0.509 e. The quantitative estimate of drug-likeness (QED) is 0.431. The average Bonchev–Trinajstić information content (AvgIpc) is 2.45. The van der Waals surface area contributed by atoms with Gasteiger partial charge in [0.1, 0.15) is 5.76 Å². The van der Waals surface area contributed by atoms with E-state index in [2.05, 4.69) is 5.18 Å². The van der Waals surface area contributed by atoms with E-state index in [4.69, 9.17) is 5.11 Å². The molecule has 0 fully saturated rings. The molecule has 0 spiro atoms. The van der Waals surface area contributed by atoms with Gasteiger partial charge < -0.3 is 10.2 Å². The highest BCUT2D eigenvalue weighted by molar-refractivity contribution is 5.86. The molecule has 0 aliphatic carbocycles. The van der Waals surface area contributed by atoms with Crippen molar-refractivity contribution >= 4 is 5.97 Å². The number of allylic oxidation sites excluding steroid dienone is 1. The van der Waals surface area contributed by atoms with E-state index in [0.717, 1.165) is 12.8 Å². The van der Waals surface area contributed by atoms with Gasteiger partial charge in [-0.25, -0.2) is 4.79 Å². The monoisotopic (exact) mass is 277 g/mol. The van der Waals surface area contributed by atoms with Crippen molar-refractivity contribution in [3.05, 3.63) is 52.3 Å². The fraction of sp³-hybridized carbons (Fsp3) is 0.400. The summed E-state index contributed by atoms with van der Waals surface area (Å²) in [5.41, 5.74) is 0.411. The number of carbonyl (C=O) groups is 1. The summed E-state index contributed by atoms with van der Waals surface area (Å²) in [5.74, 6) is -2.25. The van der Waals surface area contributed by atoms with Gasteiger partial charge in [-0.05, 0) is 36.4 Å². The minimum atomic E-state index is -1.49. The van der Waals surface area contributed by atoms with Gasteiger partial charge in [0, 0.05) is 5.92 Å². The first-order valence-corrected chi connectivity index (χ1v) is 6.63. The molecule has 5 heteroatoms. The lowest BCUT2D eigenvalue weighted by Crippen LogP contribution is -2.10. The lowest BCUT2D eigenvalue weighted by Gasteiger charge is -2.14. The first kappa shape index (κ1) is 15.9. The molecule has 0 heterocycles. The summed E-state index contributed by atoms with van der Waals surface area (Å²) in [5, 5.41) is 21.0. The van der Waals surface area contributed by atoms with Gasteiger partial charge in [0.05, 0.1) is 0 Å². The zero-order valence-electron chi connectivity index (χ0n) is 11.5. The molecule has 0 amide bonds. The Balaban J connectivity index is 2.63. The molecule has 1 aromatic rings. The van der Waals surface area contributed by atoms with Crippen LogP contribution >= 0.6 is 0 Å². The SMILES string of the molecule is CCC(CCCc1ccccc1)C(O)=C(N=O)C(=O)O. The lowest BCUT2D eigenvalue weighted by molar-refractivity contribution is -0.133. The molecule has 2 N–H and O–H groups in total. The Morgan fingerprint density at radius 3 is 2.40 bits per heavy atom. The molecule has 0 aromatic heterocycles. The molecule has 0 aliphatic heterocycles. The van der Waals surface area contributed by atoms with Crippen molar-refractivity contribution < 1.29 is 15.0 Å². The smallest absolute Gasteiger partial charge is 0.361 e. The fourth-order valence-corrected chi connectivity index (χ4v) is 2.12. The van der Waals surface area contributed by atoms with Crippen LogP contribution in [0.5, 0.6) is 0 Å². The third-order valence-electron chi connectivity index (χ3n) is 3.28. The molecule has 20 heavy (non-hydrogen) atoms. The highest BCUT2D eigenvalue weighted by Crippen LogP contribution is 2.23. The molecule has 1 aromatic carbocycles. The summed E-state index contributed by atoms with van der Waals surface area (Å²) in [6.07, 6.45) is 2.83. The molecule has 1 atom stereocenters. The average molecular weight is 277 g/mol. The third-order valence-corrected chi connectivity index (χ3v) is 3.28. The molecular formula is C15H19NO4. The summed E-state index contributed by atoms with van der Waals surface area (Å²) in [6, 6.07) is 9.91. The maximum absolute atomic E-state index is 10.8. The Morgan fingerprint density at radius 1 is 1.25 bits per heavy atom. The van der Waals surface area contributed by atoms with Crippen LogP contribution in [0.3, 0.4) is 0 Å². The van der Waals surface area contributed by atoms with Crippen molar-refractivity contribution in [3.63, 3.8) is 0 Å². The molecule has 0 bridgehead atoms. The van der Waals surface area contributed by atoms with Crippen molar-refractivity contribution in [2.24, 2.45) is 11.1 Å². The topological polar surface area (TPSA) is 87.0 Å². The fourth-order valence-electron chi connectivity index (χ4n) is 2.12. The van der Waals surface area contributed by atoms with Gasteiger partial charge in [0.2, 0.25) is 5.70 Å². The minimum absolute atomic E-state index is 0.345. The standard InChI is InChI=1S/C15H19NO4/c1-2-12(14(17)13(16-20)15(18)19)10-6-9-11-7-4-3-5-8-11/h3-5,7-8,12,17H,2,6,9-10H2,1H3,(H,18,19). The number of carboxylic acids is 1. The van der Waals surface area contributed by atoms with Gasteiger partial charge in [-0.3, -0.25) is 0 Å². The van der Waals surface area contributed by atoms with E-state index < -0.39 is 17.4 Å². The number of nitroso groups, excluding NO2 is 1. The van der Waals surface area contributed by atoms with Crippen LogP contribution in [-0.2, 0) is 11.2 Å². The van der Waals surface area contributed by atoms with Gasteiger partial charge in [0.15, 0.2) is 0 Å². The van der Waals surface area contributed by atoms with Gasteiger partial charge in [-0.1, -0.05) is 37.3 Å². The number of rotatable bonds is 8. The van der Waals surface area contributed by atoms with Crippen molar-refractivity contribution in [2.45, 2.75) is 32.6 Å². The van der Waals surface area contributed by atoms with Crippen molar-refractivity contribution in [1.29, 1.82) is 0 Å². The molecule has 0 aliphatic rings. The number of aliphatic carboxylic acids is 1. The Kier molecular flexibility index (Phi) is 6.43.